The molecule has 0 N–H and O–H groups in total. The monoisotopic (exact) mass is 545 g/mol. The summed E-state index contributed by atoms with van der Waals surface area (Å²) in [7, 11) is -0.773. The lowest BCUT2D eigenvalue weighted by molar-refractivity contribution is 0.0997. The molecule has 0 unspecified atom stereocenters. The van der Waals surface area contributed by atoms with Gasteiger partial charge in [0.25, 0.3) is 5.91 Å². The molecule has 0 atom stereocenters. The van der Waals surface area contributed by atoms with Gasteiger partial charge < -0.3 is 14.0 Å². The SMILES string of the molecule is CCn1c(=NC(=O)c2ccc(S(=O)(=O)N(CCOC)CCOC)cc2)sc2c(Cl)ccc(Cl)c21. The Morgan fingerprint density at radius 1 is 1.03 bits per heavy atom. The third-order valence-corrected chi connectivity index (χ3v) is 8.83. The number of aryl methyl sites for hydroxylation is 1. The molecule has 0 aliphatic rings. The van der Waals surface area contributed by atoms with Crippen molar-refractivity contribution in [2.45, 2.75) is 18.4 Å². The molecule has 1 aromatic heterocycles. The number of carbonyl (C=O) groups excluding carboxylic acids is 1. The second kappa shape index (κ2) is 11.8. The first-order chi connectivity index (χ1) is 16.2. The van der Waals surface area contributed by atoms with Crippen molar-refractivity contribution in [2.24, 2.45) is 4.99 Å². The average molecular weight is 546 g/mol. The normalized spacial score (nSPS) is 12.7. The molecule has 184 valence electrons. The van der Waals surface area contributed by atoms with Crippen LogP contribution in [0.5, 0.6) is 0 Å². The summed E-state index contributed by atoms with van der Waals surface area (Å²) >= 11 is 13.9. The van der Waals surface area contributed by atoms with E-state index in [4.69, 9.17) is 32.7 Å². The minimum Gasteiger partial charge on any atom is -0.383 e. The Labute approximate surface area is 212 Å². The molecule has 2 aromatic carbocycles. The van der Waals surface area contributed by atoms with Crippen molar-refractivity contribution in [1.82, 2.24) is 8.87 Å². The van der Waals surface area contributed by atoms with Gasteiger partial charge in [0.2, 0.25) is 10.0 Å². The number of nitrogens with zero attached hydrogens (tertiary/aromatic N) is 3. The van der Waals surface area contributed by atoms with E-state index in [1.165, 1.54) is 54.1 Å². The number of methoxy groups -OCH3 is 2. The minimum absolute atomic E-state index is 0.0697. The quantitative estimate of drug-likeness (QED) is 0.383. The zero-order valence-corrected chi connectivity index (χ0v) is 22.1. The van der Waals surface area contributed by atoms with Gasteiger partial charge in [-0.15, -0.1) is 0 Å². The van der Waals surface area contributed by atoms with E-state index < -0.39 is 15.9 Å². The molecule has 0 saturated heterocycles. The highest BCUT2D eigenvalue weighted by Crippen LogP contribution is 2.31. The molecule has 0 saturated carbocycles. The van der Waals surface area contributed by atoms with E-state index in [9.17, 15) is 13.2 Å². The van der Waals surface area contributed by atoms with Crippen LogP contribution in [0.4, 0.5) is 0 Å². The molecule has 34 heavy (non-hydrogen) atoms. The molecule has 1 heterocycles. The van der Waals surface area contributed by atoms with Crippen molar-refractivity contribution >= 4 is 60.7 Å². The number of hydrogen-bond donors (Lipinski definition) is 0. The Bertz CT molecular complexity index is 1330. The van der Waals surface area contributed by atoms with Crippen LogP contribution in [0, 0.1) is 0 Å². The van der Waals surface area contributed by atoms with Gasteiger partial charge >= 0.3 is 0 Å². The van der Waals surface area contributed by atoms with Gasteiger partial charge in [-0.05, 0) is 43.3 Å². The zero-order chi connectivity index (χ0) is 24.9. The summed E-state index contributed by atoms with van der Waals surface area (Å²) in [6, 6.07) is 9.11. The second-order valence-corrected chi connectivity index (χ2v) is 10.9. The predicted octanol–water partition coefficient (Wildman–Crippen LogP) is 4.05. The number of fused-ring (bicyclic) bond motifs is 1. The number of sulfonamides is 1. The van der Waals surface area contributed by atoms with Crippen LogP contribution in [-0.4, -0.2) is 63.7 Å². The number of halogens is 2. The Kier molecular flexibility index (Phi) is 9.27. The molecule has 1 amide bonds. The highest BCUT2D eigenvalue weighted by Gasteiger charge is 2.24. The summed E-state index contributed by atoms with van der Waals surface area (Å²) in [6.45, 7) is 3.34. The van der Waals surface area contributed by atoms with Crippen molar-refractivity contribution in [3.8, 4) is 0 Å². The fraction of sp³-hybridized carbons (Fsp3) is 0.364. The fourth-order valence-corrected chi connectivity index (χ4v) is 6.41. The first-order valence-electron chi connectivity index (χ1n) is 10.4. The molecule has 0 aliphatic heterocycles. The number of hydrogen-bond acceptors (Lipinski definition) is 6. The van der Waals surface area contributed by atoms with Gasteiger partial charge in [0.1, 0.15) is 0 Å². The van der Waals surface area contributed by atoms with E-state index in [-0.39, 0.29) is 36.8 Å². The zero-order valence-electron chi connectivity index (χ0n) is 19.0. The number of benzene rings is 2. The van der Waals surface area contributed by atoms with E-state index in [0.717, 1.165) is 10.2 Å². The van der Waals surface area contributed by atoms with Gasteiger partial charge in [-0.3, -0.25) is 4.79 Å². The van der Waals surface area contributed by atoms with Crippen LogP contribution in [0.25, 0.3) is 10.2 Å². The van der Waals surface area contributed by atoms with E-state index >= 15 is 0 Å². The molecule has 0 aliphatic carbocycles. The number of ether oxygens (including phenoxy) is 2. The van der Waals surface area contributed by atoms with E-state index in [2.05, 4.69) is 4.99 Å². The lowest BCUT2D eigenvalue weighted by Gasteiger charge is -2.21. The van der Waals surface area contributed by atoms with E-state index in [0.29, 0.717) is 21.4 Å². The number of carbonyl (C=O) groups is 1. The summed E-state index contributed by atoms with van der Waals surface area (Å²) in [5.41, 5.74) is 0.985. The molecule has 0 radical (unpaired) electrons. The van der Waals surface area contributed by atoms with Crippen LogP contribution in [0.3, 0.4) is 0 Å². The molecule has 3 aromatic rings. The van der Waals surface area contributed by atoms with Crippen molar-refractivity contribution in [3.05, 3.63) is 56.8 Å². The second-order valence-electron chi connectivity index (χ2n) is 7.17. The van der Waals surface area contributed by atoms with Crippen LogP contribution < -0.4 is 4.80 Å². The average Bonchev–Trinajstić information content (AvgIpc) is 3.20. The first kappa shape index (κ1) is 26.8. The Balaban J connectivity index is 1.93. The van der Waals surface area contributed by atoms with E-state index in [1.807, 2.05) is 11.5 Å². The lowest BCUT2D eigenvalue weighted by atomic mass is 10.2. The van der Waals surface area contributed by atoms with Gasteiger partial charge in [0.05, 0.1) is 38.4 Å². The van der Waals surface area contributed by atoms with Crippen LogP contribution in [0.2, 0.25) is 10.0 Å². The maximum absolute atomic E-state index is 13.0. The predicted molar refractivity (Wildman–Crippen MR) is 134 cm³/mol. The summed E-state index contributed by atoms with van der Waals surface area (Å²) in [5, 5.41) is 1.05. The highest BCUT2D eigenvalue weighted by atomic mass is 35.5. The van der Waals surface area contributed by atoms with Crippen molar-refractivity contribution < 1.29 is 22.7 Å². The maximum Gasteiger partial charge on any atom is 0.279 e. The highest BCUT2D eigenvalue weighted by molar-refractivity contribution is 7.89. The van der Waals surface area contributed by atoms with Crippen LogP contribution in [0.1, 0.15) is 17.3 Å². The Morgan fingerprint density at radius 2 is 1.62 bits per heavy atom. The smallest absolute Gasteiger partial charge is 0.279 e. The van der Waals surface area contributed by atoms with Gasteiger partial charge in [-0.2, -0.15) is 9.30 Å². The largest absolute Gasteiger partial charge is 0.383 e. The van der Waals surface area contributed by atoms with Crippen molar-refractivity contribution in [1.29, 1.82) is 0 Å². The minimum atomic E-state index is -3.78. The van der Waals surface area contributed by atoms with Crippen molar-refractivity contribution in [2.75, 3.05) is 40.5 Å². The Hall–Kier alpha value is -1.79. The Morgan fingerprint density at radius 3 is 2.18 bits per heavy atom. The summed E-state index contributed by atoms with van der Waals surface area (Å²) in [4.78, 5) is 17.7. The first-order valence-corrected chi connectivity index (χ1v) is 13.4. The van der Waals surface area contributed by atoms with Gasteiger partial charge in [-0.25, -0.2) is 8.42 Å². The third-order valence-electron chi connectivity index (χ3n) is 5.07. The lowest BCUT2D eigenvalue weighted by Crippen LogP contribution is -2.36. The fourth-order valence-electron chi connectivity index (χ4n) is 3.30. The van der Waals surface area contributed by atoms with Crippen molar-refractivity contribution in [3.63, 3.8) is 0 Å². The number of aromatic nitrogens is 1. The van der Waals surface area contributed by atoms with Crippen LogP contribution >= 0.6 is 34.5 Å². The standard InChI is InChI=1S/C22H25Cl2N3O5S2/c1-4-27-19-17(23)9-10-18(24)20(19)33-22(27)25-21(28)15-5-7-16(8-6-15)34(29,30)26(11-13-31-2)12-14-32-3/h5-10H,4,11-14H2,1-3H3. The molecule has 0 fully saturated rings. The molecular formula is C22H25Cl2N3O5S2. The summed E-state index contributed by atoms with van der Waals surface area (Å²) in [5.74, 6) is -0.499. The topological polar surface area (TPSA) is 90.2 Å². The molecule has 12 heteroatoms. The number of thiazole rings is 1. The van der Waals surface area contributed by atoms with Gasteiger partial charge in [0, 0.05) is 39.4 Å². The van der Waals surface area contributed by atoms with Gasteiger partial charge in [-0.1, -0.05) is 34.5 Å². The number of amides is 1. The molecule has 0 spiro atoms. The summed E-state index contributed by atoms with van der Waals surface area (Å²) in [6.07, 6.45) is 0. The molecule has 8 nitrogen and oxygen atoms in total. The van der Waals surface area contributed by atoms with Gasteiger partial charge in [0.15, 0.2) is 4.80 Å². The number of rotatable bonds is 10. The van der Waals surface area contributed by atoms with Crippen LogP contribution in [-0.2, 0) is 26.0 Å². The maximum atomic E-state index is 13.0. The van der Waals surface area contributed by atoms with Crippen LogP contribution in [0.15, 0.2) is 46.3 Å². The molecule has 0 bridgehead atoms. The third kappa shape index (κ3) is 5.71. The van der Waals surface area contributed by atoms with E-state index in [1.54, 1.807) is 12.1 Å². The summed E-state index contributed by atoms with van der Waals surface area (Å²) < 4.78 is 40.0. The molecule has 3 rings (SSSR count). The molecular weight excluding hydrogens is 521 g/mol.